The molecule has 2 heterocycles. The van der Waals surface area contributed by atoms with Crippen molar-refractivity contribution in [3.8, 4) is 5.69 Å². The zero-order valence-corrected chi connectivity index (χ0v) is 19.1. The van der Waals surface area contributed by atoms with E-state index in [0.29, 0.717) is 5.41 Å². The van der Waals surface area contributed by atoms with Crippen LogP contribution in [0.15, 0.2) is 60.8 Å². The van der Waals surface area contributed by atoms with Crippen molar-refractivity contribution in [1.29, 1.82) is 0 Å². The van der Waals surface area contributed by atoms with Crippen molar-refractivity contribution in [3.63, 3.8) is 0 Å². The number of hydrogen-bond donors (Lipinski definition) is 2. The number of anilines is 2. The maximum atomic E-state index is 6.46. The van der Waals surface area contributed by atoms with Gasteiger partial charge in [0.15, 0.2) is 0 Å². The van der Waals surface area contributed by atoms with Crippen molar-refractivity contribution in [1.82, 2.24) is 4.57 Å². The van der Waals surface area contributed by atoms with Crippen LogP contribution in [0.25, 0.3) is 17.5 Å². The summed E-state index contributed by atoms with van der Waals surface area (Å²) in [6, 6.07) is 19.0. The van der Waals surface area contributed by atoms with E-state index in [9.17, 15) is 0 Å². The van der Waals surface area contributed by atoms with Gasteiger partial charge in [0, 0.05) is 41.9 Å². The van der Waals surface area contributed by atoms with Crippen molar-refractivity contribution >= 4 is 23.1 Å². The van der Waals surface area contributed by atoms with Crippen LogP contribution in [-0.4, -0.2) is 17.7 Å². The highest BCUT2D eigenvalue weighted by atomic mass is 15.1. The molecule has 4 N–H and O–H groups in total. The van der Waals surface area contributed by atoms with Gasteiger partial charge in [-0.05, 0) is 80.0 Å². The Morgan fingerprint density at radius 1 is 0.875 bits per heavy atom. The molecule has 5 rings (SSSR count). The Balaban J connectivity index is 1.36. The molecule has 2 aromatic carbocycles. The average molecular weight is 427 g/mol. The fraction of sp³-hybridized carbons (Fsp3) is 0.357. The second-order valence-electron chi connectivity index (χ2n) is 9.65. The van der Waals surface area contributed by atoms with Crippen LogP contribution in [0.1, 0.15) is 55.3 Å². The van der Waals surface area contributed by atoms with Crippen LogP contribution in [0.3, 0.4) is 0 Å². The molecule has 0 bridgehead atoms. The van der Waals surface area contributed by atoms with Crippen LogP contribution in [0.5, 0.6) is 0 Å². The lowest BCUT2D eigenvalue weighted by Gasteiger charge is -2.40. The molecule has 32 heavy (non-hydrogen) atoms. The molecule has 4 nitrogen and oxygen atoms in total. The van der Waals surface area contributed by atoms with E-state index in [1.807, 2.05) is 36.5 Å². The third kappa shape index (κ3) is 3.90. The molecule has 1 saturated carbocycles. The minimum Gasteiger partial charge on any atom is -0.398 e. The summed E-state index contributed by atoms with van der Waals surface area (Å²) in [7, 11) is 0. The number of nitrogen functional groups attached to an aromatic ring is 1. The Bertz CT molecular complexity index is 1110. The number of nitrogens with two attached hydrogens (primary N) is 2. The van der Waals surface area contributed by atoms with Gasteiger partial charge in [0.25, 0.3) is 0 Å². The van der Waals surface area contributed by atoms with Gasteiger partial charge in [-0.1, -0.05) is 37.1 Å². The molecule has 1 aromatic heterocycles. The molecule has 2 fully saturated rings. The monoisotopic (exact) mass is 426 g/mol. The van der Waals surface area contributed by atoms with Crippen molar-refractivity contribution < 1.29 is 0 Å². The quantitative estimate of drug-likeness (QED) is 0.539. The molecular weight excluding hydrogens is 392 g/mol. The van der Waals surface area contributed by atoms with Crippen LogP contribution in [0.2, 0.25) is 0 Å². The van der Waals surface area contributed by atoms with Crippen LogP contribution < -0.4 is 16.4 Å². The number of nitrogens with zero attached hydrogens (tertiary/aromatic N) is 2. The molecule has 0 atom stereocenters. The minimum absolute atomic E-state index is 0.650. The van der Waals surface area contributed by atoms with Crippen LogP contribution >= 0.6 is 0 Å². The molecule has 166 valence electrons. The maximum Gasteiger partial charge on any atom is 0.0707 e. The van der Waals surface area contributed by atoms with Crippen molar-refractivity contribution in [2.45, 2.75) is 45.4 Å². The number of rotatable bonds is 4. The molecule has 4 heteroatoms. The average Bonchev–Trinajstić information content (AvgIpc) is 3.42. The lowest BCUT2D eigenvalue weighted by atomic mass is 9.77. The number of hydrogen-bond acceptors (Lipinski definition) is 3. The summed E-state index contributed by atoms with van der Waals surface area (Å²) >= 11 is 0. The topological polar surface area (TPSA) is 60.2 Å². The van der Waals surface area contributed by atoms with Gasteiger partial charge < -0.3 is 20.9 Å². The number of aromatic nitrogens is 1. The third-order valence-electron chi connectivity index (χ3n) is 7.69. The standard InChI is InChI=1S/C28H34N4/c1-21-6-2-3-7-24(21)26(30)20-27-25(29)12-17-32(27)23-10-8-22(9-11-23)31-18-15-28(16-19-31)13-4-5-14-28/h2-3,6-12,17,20H,4-5,13-16,18-19,29-30H2,1H3/b26-20-. The van der Waals surface area contributed by atoms with Crippen molar-refractivity contribution in [2.24, 2.45) is 11.1 Å². The van der Waals surface area contributed by atoms with E-state index in [1.54, 1.807) is 0 Å². The lowest BCUT2D eigenvalue weighted by Crippen LogP contribution is -2.38. The van der Waals surface area contributed by atoms with Gasteiger partial charge in [0.05, 0.1) is 11.4 Å². The normalized spacial score (nSPS) is 18.4. The number of aryl methyl sites for hydroxylation is 1. The van der Waals surface area contributed by atoms with Gasteiger partial charge in [0.1, 0.15) is 0 Å². The highest BCUT2D eigenvalue weighted by molar-refractivity contribution is 5.83. The molecule has 0 radical (unpaired) electrons. The third-order valence-corrected chi connectivity index (χ3v) is 7.69. The predicted molar refractivity (Wildman–Crippen MR) is 136 cm³/mol. The minimum atomic E-state index is 0.650. The fourth-order valence-corrected chi connectivity index (χ4v) is 5.65. The van der Waals surface area contributed by atoms with E-state index < -0.39 is 0 Å². The molecule has 0 unspecified atom stereocenters. The molecular formula is C28H34N4. The van der Waals surface area contributed by atoms with Crippen LogP contribution in [0.4, 0.5) is 11.4 Å². The van der Waals surface area contributed by atoms with E-state index >= 15 is 0 Å². The smallest absolute Gasteiger partial charge is 0.0707 e. The van der Waals surface area contributed by atoms with E-state index in [1.165, 1.54) is 57.3 Å². The van der Waals surface area contributed by atoms with Crippen molar-refractivity contribution in [3.05, 3.63) is 77.6 Å². The predicted octanol–water partition coefficient (Wildman–Crippen LogP) is 5.99. The molecule has 1 saturated heterocycles. The first kappa shape index (κ1) is 20.7. The summed E-state index contributed by atoms with van der Waals surface area (Å²) in [4.78, 5) is 2.55. The highest BCUT2D eigenvalue weighted by Gasteiger charge is 2.36. The number of benzene rings is 2. The molecule has 0 amide bonds. The van der Waals surface area contributed by atoms with Crippen LogP contribution in [0, 0.1) is 12.3 Å². The Kier molecular flexibility index (Phi) is 5.46. The second kappa shape index (κ2) is 8.42. The lowest BCUT2D eigenvalue weighted by molar-refractivity contribution is 0.226. The van der Waals surface area contributed by atoms with E-state index in [2.05, 4.69) is 46.7 Å². The Hall–Kier alpha value is -3.14. The van der Waals surface area contributed by atoms with Gasteiger partial charge in [-0.15, -0.1) is 0 Å². The van der Waals surface area contributed by atoms with Gasteiger partial charge in [0.2, 0.25) is 0 Å². The zero-order chi connectivity index (χ0) is 22.1. The van der Waals surface area contributed by atoms with E-state index in [0.717, 1.165) is 33.9 Å². The molecule has 3 aromatic rings. The van der Waals surface area contributed by atoms with Gasteiger partial charge in [-0.3, -0.25) is 0 Å². The van der Waals surface area contributed by atoms with Gasteiger partial charge >= 0.3 is 0 Å². The summed E-state index contributed by atoms with van der Waals surface area (Å²) in [5.74, 6) is 0. The Morgan fingerprint density at radius 3 is 2.22 bits per heavy atom. The Labute approximate surface area is 191 Å². The summed E-state index contributed by atoms with van der Waals surface area (Å²) in [6.45, 7) is 4.43. The molecule has 1 aliphatic carbocycles. The fourth-order valence-electron chi connectivity index (χ4n) is 5.65. The van der Waals surface area contributed by atoms with Gasteiger partial charge in [-0.2, -0.15) is 0 Å². The zero-order valence-electron chi connectivity index (χ0n) is 19.1. The van der Waals surface area contributed by atoms with Crippen molar-refractivity contribution in [2.75, 3.05) is 23.7 Å². The second-order valence-corrected chi connectivity index (χ2v) is 9.65. The first-order valence-electron chi connectivity index (χ1n) is 11.9. The summed E-state index contributed by atoms with van der Waals surface area (Å²) in [6.07, 6.45) is 12.4. The maximum absolute atomic E-state index is 6.46. The SMILES string of the molecule is Cc1ccccc1/C(N)=C/c1c(N)ccn1-c1ccc(N2CCC3(CCCC3)CC2)cc1. The van der Waals surface area contributed by atoms with Gasteiger partial charge in [-0.25, -0.2) is 0 Å². The first-order chi connectivity index (χ1) is 15.5. The molecule has 1 aliphatic heterocycles. The number of piperidine rings is 1. The van der Waals surface area contributed by atoms with Crippen LogP contribution in [-0.2, 0) is 0 Å². The Morgan fingerprint density at radius 2 is 1.53 bits per heavy atom. The van der Waals surface area contributed by atoms with E-state index in [4.69, 9.17) is 11.5 Å². The summed E-state index contributed by atoms with van der Waals surface area (Å²) in [5.41, 5.74) is 20.4. The summed E-state index contributed by atoms with van der Waals surface area (Å²) in [5, 5.41) is 0. The largest absolute Gasteiger partial charge is 0.398 e. The highest BCUT2D eigenvalue weighted by Crippen LogP contribution is 2.46. The summed E-state index contributed by atoms with van der Waals surface area (Å²) < 4.78 is 2.12. The molecule has 2 aliphatic rings. The molecule has 1 spiro atoms. The van der Waals surface area contributed by atoms with E-state index in [-0.39, 0.29) is 0 Å². The first-order valence-corrected chi connectivity index (χ1v) is 11.9.